The van der Waals surface area contributed by atoms with Crippen molar-refractivity contribution in [3.63, 3.8) is 0 Å². The van der Waals surface area contributed by atoms with Crippen LogP contribution >= 0.6 is 11.3 Å². The average Bonchev–Trinajstić information content (AvgIpc) is 2.98. The van der Waals surface area contributed by atoms with Crippen molar-refractivity contribution < 1.29 is 4.79 Å². The fraction of sp³-hybridized carbons (Fsp3) is 0.438. The molecule has 3 nitrogen and oxygen atoms in total. The topological polar surface area (TPSA) is 46.3 Å². The number of nitrogens with zero attached hydrogens (tertiary/aromatic N) is 1. The van der Waals surface area contributed by atoms with Crippen LogP contribution in [0.15, 0.2) is 29.6 Å². The summed E-state index contributed by atoms with van der Waals surface area (Å²) < 4.78 is 1.19. The summed E-state index contributed by atoms with van der Waals surface area (Å²) in [6, 6.07) is 9.15. The molecule has 2 atom stereocenters. The first-order valence-electron chi connectivity index (χ1n) is 7.28. The zero-order valence-corrected chi connectivity index (χ0v) is 12.1. The standard InChI is InChI=1S/C16H18N2OS/c17-10-7-11-5-6-12(8-10)18(11)16(19)14-9-20-15-4-2-1-3-13(14)15/h1-4,9-12H,5-8,17H2. The molecule has 2 N–H and O–H groups in total. The minimum Gasteiger partial charge on any atom is -0.333 e. The van der Waals surface area contributed by atoms with Crippen molar-refractivity contribution in [1.29, 1.82) is 0 Å². The lowest BCUT2D eigenvalue weighted by atomic mass is 9.97. The number of carbonyl (C=O) groups excluding carboxylic acids is 1. The first-order chi connectivity index (χ1) is 9.74. The third-order valence-corrected chi connectivity index (χ3v) is 5.68. The number of nitrogens with two attached hydrogens (primary N) is 1. The van der Waals surface area contributed by atoms with Crippen molar-refractivity contribution in [3.8, 4) is 0 Å². The molecule has 1 amide bonds. The van der Waals surface area contributed by atoms with Gasteiger partial charge in [-0.2, -0.15) is 0 Å². The summed E-state index contributed by atoms with van der Waals surface area (Å²) in [5.41, 5.74) is 6.96. The van der Waals surface area contributed by atoms with Gasteiger partial charge in [0.25, 0.3) is 5.91 Å². The van der Waals surface area contributed by atoms with Gasteiger partial charge in [-0.05, 0) is 31.7 Å². The number of hydrogen-bond donors (Lipinski definition) is 1. The summed E-state index contributed by atoms with van der Waals surface area (Å²) in [6.45, 7) is 0. The molecule has 20 heavy (non-hydrogen) atoms. The van der Waals surface area contributed by atoms with Crippen LogP contribution < -0.4 is 5.73 Å². The predicted octanol–water partition coefficient (Wildman–Crippen LogP) is 3.00. The van der Waals surface area contributed by atoms with Crippen molar-refractivity contribution in [2.75, 3.05) is 0 Å². The number of benzene rings is 1. The average molecular weight is 286 g/mol. The molecule has 0 saturated carbocycles. The fourth-order valence-corrected chi connectivity index (χ4v) is 4.77. The van der Waals surface area contributed by atoms with Crippen molar-refractivity contribution >= 4 is 27.3 Å². The molecule has 2 bridgehead atoms. The predicted molar refractivity (Wildman–Crippen MR) is 82.0 cm³/mol. The van der Waals surface area contributed by atoms with Crippen LogP contribution in [0.3, 0.4) is 0 Å². The lowest BCUT2D eigenvalue weighted by Gasteiger charge is -2.37. The maximum atomic E-state index is 12.9. The highest BCUT2D eigenvalue weighted by Crippen LogP contribution is 2.37. The SMILES string of the molecule is NC1CC2CCC(C1)N2C(=O)c1csc2ccccc12. The van der Waals surface area contributed by atoms with Crippen LogP contribution in [0.4, 0.5) is 0 Å². The summed E-state index contributed by atoms with van der Waals surface area (Å²) in [6.07, 6.45) is 4.16. The molecule has 2 aromatic rings. The Labute approximate surface area is 122 Å². The van der Waals surface area contributed by atoms with Gasteiger partial charge in [-0.15, -0.1) is 11.3 Å². The Morgan fingerprint density at radius 2 is 1.90 bits per heavy atom. The van der Waals surface area contributed by atoms with Crippen LogP contribution in [0.1, 0.15) is 36.0 Å². The number of amides is 1. The highest BCUT2D eigenvalue weighted by atomic mass is 32.1. The molecule has 2 saturated heterocycles. The first-order valence-corrected chi connectivity index (χ1v) is 8.16. The lowest BCUT2D eigenvalue weighted by molar-refractivity contribution is 0.0577. The minimum atomic E-state index is 0.210. The molecule has 2 fully saturated rings. The van der Waals surface area contributed by atoms with Crippen molar-refractivity contribution in [2.24, 2.45) is 5.73 Å². The summed E-state index contributed by atoms with van der Waals surface area (Å²) in [5, 5.41) is 3.11. The van der Waals surface area contributed by atoms with E-state index in [1.54, 1.807) is 11.3 Å². The van der Waals surface area contributed by atoms with Gasteiger partial charge in [-0.3, -0.25) is 4.79 Å². The zero-order valence-electron chi connectivity index (χ0n) is 11.3. The van der Waals surface area contributed by atoms with Gasteiger partial charge in [0.1, 0.15) is 0 Å². The third-order valence-electron chi connectivity index (χ3n) is 4.72. The quantitative estimate of drug-likeness (QED) is 0.876. The molecule has 0 radical (unpaired) electrons. The smallest absolute Gasteiger partial charge is 0.255 e. The largest absolute Gasteiger partial charge is 0.333 e. The Morgan fingerprint density at radius 1 is 1.20 bits per heavy atom. The van der Waals surface area contributed by atoms with Crippen LogP contribution in [-0.2, 0) is 0 Å². The van der Waals surface area contributed by atoms with Crippen LogP contribution in [0.5, 0.6) is 0 Å². The van der Waals surface area contributed by atoms with Crippen molar-refractivity contribution in [1.82, 2.24) is 4.90 Å². The maximum Gasteiger partial charge on any atom is 0.255 e. The normalized spacial score (nSPS) is 29.1. The van der Waals surface area contributed by atoms with Gasteiger partial charge in [0, 0.05) is 33.6 Å². The van der Waals surface area contributed by atoms with Gasteiger partial charge < -0.3 is 10.6 Å². The number of fused-ring (bicyclic) bond motifs is 3. The molecular formula is C16H18N2OS. The summed E-state index contributed by atoms with van der Waals surface area (Å²) in [4.78, 5) is 15.1. The Hall–Kier alpha value is -1.39. The first kappa shape index (κ1) is 12.4. The molecule has 2 unspecified atom stereocenters. The highest BCUT2D eigenvalue weighted by molar-refractivity contribution is 7.17. The van der Waals surface area contributed by atoms with E-state index in [2.05, 4.69) is 17.0 Å². The van der Waals surface area contributed by atoms with Crippen LogP contribution in [0, 0.1) is 0 Å². The molecule has 1 aromatic heterocycles. The van der Waals surface area contributed by atoms with Gasteiger partial charge in [0.15, 0.2) is 0 Å². The number of thiophene rings is 1. The van der Waals surface area contributed by atoms with Gasteiger partial charge in [0.05, 0.1) is 5.56 Å². The van der Waals surface area contributed by atoms with Gasteiger partial charge in [0.2, 0.25) is 0 Å². The van der Waals surface area contributed by atoms with E-state index >= 15 is 0 Å². The van der Waals surface area contributed by atoms with Gasteiger partial charge in [-0.1, -0.05) is 18.2 Å². The number of piperidine rings is 1. The van der Waals surface area contributed by atoms with E-state index in [1.807, 2.05) is 17.5 Å². The maximum absolute atomic E-state index is 12.9. The molecule has 1 aromatic carbocycles. The van der Waals surface area contributed by atoms with E-state index in [1.165, 1.54) is 4.70 Å². The third kappa shape index (κ3) is 1.79. The number of hydrogen-bond acceptors (Lipinski definition) is 3. The summed E-state index contributed by atoms with van der Waals surface area (Å²) in [7, 11) is 0. The molecule has 0 aliphatic carbocycles. The summed E-state index contributed by atoms with van der Waals surface area (Å²) in [5.74, 6) is 0.210. The van der Waals surface area contributed by atoms with Crippen LogP contribution in [0.25, 0.3) is 10.1 Å². The molecule has 104 valence electrons. The molecule has 2 aliphatic rings. The molecule has 4 heteroatoms. The van der Waals surface area contributed by atoms with E-state index in [4.69, 9.17) is 5.73 Å². The van der Waals surface area contributed by atoms with Crippen LogP contribution in [0.2, 0.25) is 0 Å². The minimum absolute atomic E-state index is 0.210. The Balaban J connectivity index is 1.71. The van der Waals surface area contributed by atoms with Crippen LogP contribution in [-0.4, -0.2) is 28.9 Å². The second-order valence-electron chi connectivity index (χ2n) is 5.97. The van der Waals surface area contributed by atoms with E-state index in [9.17, 15) is 4.79 Å². The van der Waals surface area contributed by atoms with Gasteiger partial charge >= 0.3 is 0 Å². The lowest BCUT2D eigenvalue weighted by Crippen LogP contribution is -2.50. The molecule has 4 rings (SSSR count). The second-order valence-corrected chi connectivity index (χ2v) is 6.89. The van der Waals surface area contributed by atoms with E-state index < -0.39 is 0 Å². The van der Waals surface area contributed by atoms with Gasteiger partial charge in [-0.25, -0.2) is 0 Å². The molecule has 3 heterocycles. The number of carbonyl (C=O) groups is 1. The molecule has 2 aliphatic heterocycles. The molecular weight excluding hydrogens is 268 g/mol. The number of rotatable bonds is 1. The monoisotopic (exact) mass is 286 g/mol. The van der Waals surface area contributed by atoms with Crippen molar-refractivity contribution in [2.45, 2.75) is 43.8 Å². The van der Waals surface area contributed by atoms with E-state index in [-0.39, 0.29) is 11.9 Å². The molecule has 0 spiro atoms. The van der Waals surface area contributed by atoms with E-state index in [0.29, 0.717) is 12.1 Å². The zero-order chi connectivity index (χ0) is 13.7. The van der Waals surface area contributed by atoms with Crippen molar-refractivity contribution in [3.05, 3.63) is 35.2 Å². The second kappa shape index (κ2) is 4.57. The van der Waals surface area contributed by atoms with E-state index in [0.717, 1.165) is 36.6 Å². The Morgan fingerprint density at radius 3 is 2.65 bits per heavy atom. The fourth-order valence-electron chi connectivity index (χ4n) is 3.83. The summed E-state index contributed by atoms with van der Waals surface area (Å²) >= 11 is 1.66. The highest BCUT2D eigenvalue weighted by Gasteiger charge is 2.42. The Kier molecular flexibility index (Phi) is 2.82. The Bertz CT molecular complexity index is 651.